The Labute approximate surface area is 209 Å². The summed E-state index contributed by atoms with van der Waals surface area (Å²) in [4.78, 5) is 8.76. The number of anilines is 1. The van der Waals surface area contributed by atoms with Gasteiger partial charge in [0, 0.05) is 38.6 Å². The highest BCUT2D eigenvalue weighted by Crippen LogP contribution is 2.36. The van der Waals surface area contributed by atoms with Gasteiger partial charge in [-0.25, -0.2) is 4.68 Å². The van der Waals surface area contributed by atoms with Crippen LogP contribution in [0.5, 0.6) is 0 Å². The second-order valence-corrected chi connectivity index (χ2v) is 10.4. The van der Waals surface area contributed by atoms with Crippen molar-refractivity contribution in [2.24, 2.45) is 0 Å². The molecule has 5 rings (SSSR count). The number of hydrogen-bond acceptors (Lipinski definition) is 6. The number of fused-ring (bicyclic) bond motifs is 1. The maximum Gasteiger partial charge on any atom is 0.173 e. The van der Waals surface area contributed by atoms with Gasteiger partial charge in [0.15, 0.2) is 5.82 Å². The van der Waals surface area contributed by atoms with Crippen LogP contribution in [0.15, 0.2) is 54.9 Å². The predicted molar refractivity (Wildman–Crippen MR) is 137 cm³/mol. The molecule has 1 atom stereocenters. The summed E-state index contributed by atoms with van der Waals surface area (Å²) in [5.41, 5.74) is 1.78. The van der Waals surface area contributed by atoms with Crippen LogP contribution in [0.2, 0.25) is 10.0 Å². The molecule has 0 spiro atoms. The van der Waals surface area contributed by atoms with Gasteiger partial charge in [-0.15, -0.1) is 5.10 Å². The number of nitrogens with zero attached hydrogens (tertiary/aromatic N) is 7. The first kappa shape index (κ1) is 23.0. The molecule has 9 heteroatoms. The van der Waals surface area contributed by atoms with Crippen molar-refractivity contribution in [3.63, 3.8) is 0 Å². The topological polar surface area (TPSA) is 63.0 Å². The van der Waals surface area contributed by atoms with Gasteiger partial charge in [0.25, 0.3) is 0 Å². The summed E-state index contributed by atoms with van der Waals surface area (Å²) in [5, 5.41) is 16.5. The summed E-state index contributed by atoms with van der Waals surface area (Å²) in [7, 11) is 0. The number of benzene rings is 2. The van der Waals surface area contributed by atoms with Crippen LogP contribution >= 0.6 is 23.2 Å². The van der Waals surface area contributed by atoms with Crippen molar-refractivity contribution >= 4 is 39.7 Å². The highest BCUT2D eigenvalue weighted by Gasteiger charge is 2.34. The Morgan fingerprint density at radius 3 is 2.24 bits per heavy atom. The van der Waals surface area contributed by atoms with Gasteiger partial charge in [0.2, 0.25) is 0 Å². The van der Waals surface area contributed by atoms with Crippen molar-refractivity contribution in [2.75, 3.05) is 31.1 Å². The molecule has 4 aromatic rings. The molecule has 3 heterocycles. The lowest BCUT2D eigenvalue weighted by molar-refractivity contribution is 0.191. The summed E-state index contributed by atoms with van der Waals surface area (Å²) >= 11 is 12.9. The molecule has 1 aliphatic heterocycles. The minimum Gasteiger partial charge on any atom is -0.366 e. The number of halogens is 2. The highest BCUT2D eigenvalue weighted by molar-refractivity contribution is 6.38. The summed E-state index contributed by atoms with van der Waals surface area (Å²) in [6.07, 6.45) is 3.29. The Kier molecular flexibility index (Phi) is 6.18. The Bertz CT molecular complexity index is 1290. The zero-order valence-electron chi connectivity index (χ0n) is 19.5. The van der Waals surface area contributed by atoms with Gasteiger partial charge in [0.1, 0.15) is 0 Å². The van der Waals surface area contributed by atoms with Gasteiger partial charge in [-0.1, -0.05) is 59.6 Å². The molecule has 1 aliphatic rings. The number of tetrazole rings is 1. The van der Waals surface area contributed by atoms with Crippen molar-refractivity contribution in [1.82, 2.24) is 30.1 Å². The molecule has 34 heavy (non-hydrogen) atoms. The zero-order valence-corrected chi connectivity index (χ0v) is 21.0. The van der Waals surface area contributed by atoms with Crippen molar-refractivity contribution in [1.29, 1.82) is 0 Å². The van der Waals surface area contributed by atoms with Crippen LogP contribution in [-0.4, -0.2) is 56.3 Å². The molecule has 0 radical (unpaired) electrons. The molecule has 1 fully saturated rings. The van der Waals surface area contributed by atoms with Crippen LogP contribution in [0, 0.1) is 0 Å². The van der Waals surface area contributed by atoms with E-state index < -0.39 is 0 Å². The Hall–Kier alpha value is -2.74. The van der Waals surface area contributed by atoms with Gasteiger partial charge in [-0.3, -0.25) is 9.88 Å². The Morgan fingerprint density at radius 2 is 1.56 bits per heavy atom. The normalized spacial score (nSPS) is 16.2. The lowest BCUT2D eigenvalue weighted by Crippen LogP contribution is -2.49. The largest absolute Gasteiger partial charge is 0.366 e. The molecule has 1 unspecified atom stereocenters. The lowest BCUT2D eigenvalue weighted by Gasteiger charge is -2.40. The Balaban J connectivity index is 1.51. The third-order valence-electron chi connectivity index (χ3n) is 6.29. The number of aromatic nitrogens is 5. The lowest BCUT2D eigenvalue weighted by atomic mass is 9.98. The van der Waals surface area contributed by atoms with E-state index in [0.717, 1.165) is 37.7 Å². The van der Waals surface area contributed by atoms with Crippen LogP contribution in [0.25, 0.3) is 10.8 Å². The number of hydrogen-bond donors (Lipinski definition) is 0. The maximum atomic E-state index is 6.43. The quantitative estimate of drug-likeness (QED) is 0.387. The monoisotopic (exact) mass is 495 g/mol. The average Bonchev–Trinajstić information content (AvgIpc) is 3.30. The molecule has 1 saturated heterocycles. The first-order valence-corrected chi connectivity index (χ1v) is 12.1. The van der Waals surface area contributed by atoms with Crippen LogP contribution < -0.4 is 4.90 Å². The van der Waals surface area contributed by atoms with E-state index in [0.29, 0.717) is 10.0 Å². The first-order valence-electron chi connectivity index (χ1n) is 11.4. The van der Waals surface area contributed by atoms with E-state index >= 15 is 0 Å². The molecule has 0 N–H and O–H groups in total. The van der Waals surface area contributed by atoms with Crippen molar-refractivity contribution < 1.29 is 0 Å². The molecule has 0 amide bonds. The molecule has 2 aromatic carbocycles. The maximum absolute atomic E-state index is 6.43. The SMILES string of the molecule is CC(C)(C)n1nnnc1C(c1ccc2ccccc2c1)N1CCN(c2c(Cl)cncc2Cl)CC1. The van der Waals surface area contributed by atoms with E-state index in [9.17, 15) is 0 Å². The summed E-state index contributed by atoms with van der Waals surface area (Å²) in [5.74, 6) is 0.844. The summed E-state index contributed by atoms with van der Waals surface area (Å²) < 4.78 is 1.94. The zero-order chi connectivity index (χ0) is 23.9. The second-order valence-electron chi connectivity index (χ2n) is 9.60. The fraction of sp³-hybridized carbons (Fsp3) is 0.360. The van der Waals surface area contributed by atoms with Gasteiger partial charge < -0.3 is 4.90 Å². The molecular formula is C25H27Cl2N7. The second kappa shape index (κ2) is 9.13. The molecular weight excluding hydrogens is 469 g/mol. The standard InChI is InChI=1S/C25H27Cl2N7/c1-25(2,3)34-24(29-30-31-34)22(19-9-8-17-6-4-5-7-18(17)14-19)32-10-12-33(13-11-32)23-20(26)15-28-16-21(23)27/h4-9,14-16,22H,10-13H2,1-3H3. The van der Waals surface area contributed by atoms with E-state index in [1.54, 1.807) is 12.4 Å². The van der Waals surface area contributed by atoms with Gasteiger partial charge in [0.05, 0.1) is 27.3 Å². The highest BCUT2D eigenvalue weighted by atomic mass is 35.5. The van der Waals surface area contributed by atoms with Crippen LogP contribution in [0.4, 0.5) is 5.69 Å². The molecule has 2 aromatic heterocycles. The Morgan fingerprint density at radius 1 is 0.882 bits per heavy atom. The van der Waals surface area contributed by atoms with E-state index in [1.807, 2.05) is 4.68 Å². The van der Waals surface area contributed by atoms with Gasteiger partial charge >= 0.3 is 0 Å². The summed E-state index contributed by atoms with van der Waals surface area (Å²) in [6.45, 7) is 9.54. The third-order valence-corrected chi connectivity index (χ3v) is 6.84. The van der Waals surface area contributed by atoms with E-state index in [-0.39, 0.29) is 11.6 Å². The molecule has 0 bridgehead atoms. The van der Waals surface area contributed by atoms with E-state index in [1.165, 1.54) is 16.3 Å². The van der Waals surface area contributed by atoms with Crippen LogP contribution in [-0.2, 0) is 5.54 Å². The molecule has 0 saturated carbocycles. The number of piperazine rings is 1. The van der Waals surface area contributed by atoms with Gasteiger partial charge in [-0.2, -0.15) is 0 Å². The molecule has 176 valence electrons. The van der Waals surface area contributed by atoms with Crippen LogP contribution in [0.1, 0.15) is 38.2 Å². The smallest absolute Gasteiger partial charge is 0.173 e. The minimum absolute atomic E-state index is 0.0793. The first-order chi connectivity index (χ1) is 16.3. The van der Waals surface area contributed by atoms with Crippen molar-refractivity contribution in [3.8, 4) is 0 Å². The number of pyridine rings is 1. The van der Waals surface area contributed by atoms with Gasteiger partial charge in [-0.05, 0) is 53.6 Å². The fourth-order valence-electron chi connectivity index (χ4n) is 4.65. The molecule has 7 nitrogen and oxygen atoms in total. The van der Waals surface area contributed by atoms with Crippen LogP contribution in [0.3, 0.4) is 0 Å². The van der Waals surface area contributed by atoms with E-state index in [2.05, 4.69) is 93.5 Å². The predicted octanol–water partition coefficient (Wildman–Crippen LogP) is 5.19. The third kappa shape index (κ3) is 4.35. The minimum atomic E-state index is -0.242. The number of rotatable bonds is 4. The molecule has 0 aliphatic carbocycles. The van der Waals surface area contributed by atoms with Crippen molar-refractivity contribution in [2.45, 2.75) is 32.4 Å². The fourth-order valence-corrected chi connectivity index (χ4v) is 5.26. The average molecular weight is 496 g/mol. The summed E-state index contributed by atoms with van der Waals surface area (Å²) in [6, 6.07) is 15.0. The van der Waals surface area contributed by atoms with Crippen molar-refractivity contribution in [3.05, 3.63) is 76.3 Å². The van der Waals surface area contributed by atoms with E-state index in [4.69, 9.17) is 23.2 Å².